The van der Waals surface area contributed by atoms with E-state index in [0.29, 0.717) is 6.42 Å². The number of hydrogen-bond donors (Lipinski definition) is 1. The summed E-state index contributed by atoms with van der Waals surface area (Å²) < 4.78 is 43.8. The average molecular weight is 647 g/mol. The van der Waals surface area contributed by atoms with Crippen molar-refractivity contribution in [3.05, 3.63) is 136 Å². The van der Waals surface area contributed by atoms with Crippen molar-refractivity contribution in [2.45, 2.75) is 50.2 Å². The van der Waals surface area contributed by atoms with Crippen molar-refractivity contribution in [2.24, 2.45) is 0 Å². The number of anilines is 1. The van der Waals surface area contributed by atoms with Gasteiger partial charge in [0.2, 0.25) is 11.8 Å². The molecule has 4 rings (SSSR count). The maximum absolute atomic E-state index is 15.0. The summed E-state index contributed by atoms with van der Waals surface area (Å²) >= 11 is 0. The van der Waals surface area contributed by atoms with Crippen molar-refractivity contribution in [1.82, 2.24) is 10.2 Å². The van der Waals surface area contributed by atoms with Crippen LogP contribution >= 0.6 is 0 Å². The zero-order valence-electron chi connectivity index (χ0n) is 25.5. The molecule has 0 saturated carbocycles. The van der Waals surface area contributed by atoms with E-state index in [1.54, 1.807) is 36.4 Å². The number of benzene rings is 4. The lowest BCUT2D eigenvalue weighted by atomic mass is 10.0. The number of carbonyl (C=O) groups is 2. The number of carbonyl (C=O) groups excluding carboxylic acids is 2. The van der Waals surface area contributed by atoms with Gasteiger partial charge in [-0.25, -0.2) is 12.8 Å². The van der Waals surface area contributed by atoms with E-state index < -0.39 is 45.2 Å². The molecule has 10 nitrogen and oxygen atoms in total. The Morgan fingerprint density at radius 1 is 0.913 bits per heavy atom. The fraction of sp³-hybridized carbons (Fsp3) is 0.235. The normalized spacial score (nSPS) is 12.5. The Morgan fingerprint density at radius 2 is 1.54 bits per heavy atom. The highest BCUT2D eigenvalue weighted by Gasteiger charge is 2.35. The van der Waals surface area contributed by atoms with E-state index in [0.717, 1.165) is 15.9 Å². The zero-order chi connectivity index (χ0) is 33.3. The Morgan fingerprint density at radius 3 is 2.17 bits per heavy atom. The van der Waals surface area contributed by atoms with Crippen molar-refractivity contribution in [3.63, 3.8) is 0 Å². The zero-order valence-corrected chi connectivity index (χ0v) is 26.3. The largest absolute Gasteiger partial charge is 0.352 e. The summed E-state index contributed by atoms with van der Waals surface area (Å²) in [7, 11) is -4.45. The van der Waals surface area contributed by atoms with Crippen molar-refractivity contribution >= 4 is 33.2 Å². The third-order valence-corrected chi connectivity index (χ3v) is 9.30. The third kappa shape index (κ3) is 8.33. The number of hydrogen-bond acceptors (Lipinski definition) is 6. The van der Waals surface area contributed by atoms with Crippen LogP contribution in [-0.2, 0) is 32.6 Å². The Labute approximate surface area is 267 Å². The number of nitrogens with one attached hydrogen (secondary N) is 1. The second-order valence-electron chi connectivity index (χ2n) is 10.7. The van der Waals surface area contributed by atoms with Crippen LogP contribution in [0.3, 0.4) is 0 Å². The summed E-state index contributed by atoms with van der Waals surface area (Å²) in [5.41, 5.74) is 0.348. The monoisotopic (exact) mass is 646 g/mol. The summed E-state index contributed by atoms with van der Waals surface area (Å²) in [6, 6.07) is 25.7. The topological polar surface area (TPSA) is 130 Å². The summed E-state index contributed by atoms with van der Waals surface area (Å²) in [6.45, 7) is 2.54. The van der Waals surface area contributed by atoms with Gasteiger partial charge in [-0.3, -0.25) is 24.0 Å². The Bertz CT molecular complexity index is 1770. The Kier molecular flexibility index (Phi) is 11.2. The number of amides is 2. The standard InChI is InChI=1S/C34H35FN4O6S/c1-3-25(2)36-34(41)32(21-26-13-6-4-7-14-26)37(23-27-15-10-11-20-31(27)35)33(40)24-38(28-16-12-17-29(22-28)39(42)43)46(44,45)30-18-8-5-9-19-30/h4-20,22,25,32H,3,21,23-24H2,1-2H3,(H,36,41). The molecule has 240 valence electrons. The van der Waals surface area contributed by atoms with Crippen molar-refractivity contribution in [1.29, 1.82) is 0 Å². The van der Waals surface area contributed by atoms with Gasteiger partial charge in [0.1, 0.15) is 18.4 Å². The van der Waals surface area contributed by atoms with Crippen molar-refractivity contribution in [2.75, 3.05) is 10.8 Å². The van der Waals surface area contributed by atoms with Gasteiger partial charge in [0.25, 0.3) is 15.7 Å². The van der Waals surface area contributed by atoms with Crippen LogP contribution in [0.25, 0.3) is 0 Å². The van der Waals surface area contributed by atoms with Crippen LogP contribution in [0.4, 0.5) is 15.8 Å². The molecule has 0 aliphatic rings. The quantitative estimate of drug-likeness (QED) is 0.143. The molecule has 0 heterocycles. The molecule has 12 heteroatoms. The first kappa shape index (κ1) is 33.8. The number of rotatable bonds is 14. The lowest BCUT2D eigenvalue weighted by molar-refractivity contribution is -0.384. The highest BCUT2D eigenvalue weighted by atomic mass is 32.2. The lowest BCUT2D eigenvalue weighted by Crippen LogP contribution is -2.54. The summed E-state index contributed by atoms with van der Waals surface area (Å²) in [4.78, 5) is 40.2. The number of nitro benzene ring substituents is 1. The van der Waals surface area contributed by atoms with E-state index in [2.05, 4.69) is 5.32 Å². The number of nitrogens with zero attached hydrogens (tertiary/aromatic N) is 3. The van der Waals surface area contributed by atoms with Gasteiger partial charge in [0.15, 0.2) is 0 Å². The second kappa shape index (κ2) is 15.3. The first-order chi connectivity index (χ1) is 22.0. The molecule has 0 saturated heterocycles. The highest BCUT2D eigenvalue weighted by Crippen LogP contribution is 2.28. The minimum Gasteiger partial charge on any atom is -0.352 e. The van der Waals surface area contributed by atoms with Crippen molar-refractivity contribution in [3.8, 4) is 0 Å². The smallest absolute Gasteiger partial charge is 0.271 e. The van der Waals surface area contributed by atoms with Gasteiger partial charge in [-0.2, -0.15) is 0 Å². The predicted octanol–water partition coefficient (Wildman–Crippen LogP) is 5.48. The molecule has 4 aromatic carbocycles. The van der Waals surface area contributed by atoms with Gasteiger partial charge in [0.05, 0.1) is 15.5 Å². The molecule has 0 aromatic heterocycles. The second-order valence-corrected chi connectivity index (χ2v) is 12.6. The minimum atomic E-state index is -4.45. The van der Waals surface area contributed by atoms with Crippen LogP contribution in [0.5, 0.6) is 0 Å². The molecule has 4 aromatic rings. The number of non-ortho nitro benzene ring substituents is 1. The molecular weight excluding hydrogens is 611 g/mol. The third-order valence-electron chi connectivity index (χ3n) is 7.51. The van der Waals surface area contributed by atoms with E-state index in [1.807, 2.05) is 19.9 Å². The van der Waals surface area contributed by atoms with E-state index in [1.165, 1.54) is 65.6 Å². The molecule has 2 amide bonds. The van der Waals surface area contributed by atoms with Gasteiger partial charge >= 0.3 is 0 Å². The number of halogens is 1. The van der Waals surface area contributed by atoms with E-state index >= 15 is 4.39 Å². The van der Waals surface area contributed by atoms with Crippen LogP contribution in [0.2, 0.25) is 0 Å². The van der Waals surface area contributed by atoms with Gasteiger partial charge in [0, 0.05) is 36.7 Å². The average Bonchev–Trinajstić information content (AvgIpc) is 3.06. The molecular formula is C34H35FN4O6S. The maximum atomic E-state index is 15.0. The fourth-order valence-electron chi connectivity index (χ4n) is 4.82. The minimum absolute atomic E-state index is 0.0611. The fourth-order valence-corrected chi connectivity index (χ4v) is 6.24. The van der Waals surface area contributed by atoms with E-state index in [-0.39, 0.29) is 40.8 Å². The molecule has 46 heavy (non-hydrogen) atoms. The Balaban J connectivity index is 1.84. The van der Waals surface area contributed by atoms with Gasteiger partial charge in [-0.05, 0) is 43.2 Å². The molecule has 2 atom stereocenters. The lowest BCUT2D eigenvalue weighted by Gasteiger charge is -2.34. The SMILES string of the molecule is CCC(C)NC(=O)C(Cc1ccccc1)N(Cc1ccccc1F)C(=O)CN(c1cccc([N+](=O)[O-])c1)S(=O)(=O)c1ccccc1. The van der Waals surface area contributed by atoms with Crippen LogP contribution in [0.15, 0.2) is 114 Å². The summed E-state index contributed by atoms with van der Waals surface area (Å²) in [5, 5.41) is 14.5. The van der Waals surface area contributed by atoms with Gasteiger partial charge in [-0.15, -0.1) is 0 Å². The molecule has 0 spiro atoms. The predicted molar refractivity (Wildman–Crippen MR) is 173 cm³/mol. The molecule has 1 N–H and O–H groups in total. The van der Waals surface area contributed by atoms with E-state index in [9.17, 15) is 28.1 Å². The molecule has 0 radical (unpaired) electrons. The highest BCUT2D eigenvalue weighted by molar-refractivity contribution is 7.92. The Hall–Kier alpha value is -5.10. The first-order valence-corrected chi connectivity index (χ1v) is 16.1. The van der Waals surface area contributed by atoms with Gasteiger partial charge in [-0.1, -0.05) is 79.7 Å². The first-order valence-electron chi connectivity index (χ1n) is 14.7. The van der Waals surface area contributed by atoms with Gasteiger partial charge < -0.3 is 10.2 Å². The molecule has 0 bridgehead atoms. The molecule has 0 aliphatic carbocycles. The van der Waals surface area contributed by atoms with Crippen LogP contribution < -0.4 is 9.62 Å². The molecule has 0 fully saturated rings. The molecule has 2 unspecified atom stereocenters. The summed E-state index contributed by atoms with van der Waals surface area (Å²) in [5.74, 6) is -1.90. The van der Waals surface area contributed by atoms with Crippen LogP contribution in [0.1, 0.15) is 31.4 Å². The maximum Gasteiger partial charge on any atom is 0.271 e. The van der Waals surface area contributed by atoms with Crippen molar-refractivity contribution < 1.29 is 27.3 Å². The van der Waals surface area contributed by atoms with E-state index in [4.69, 9.17) is 0 Å². The number of sulfonamides is 1. The molecule has 0 aliphatic heterocycles. The summed E-state index contributed by atoms with van der Waals surface area (Å²) in [6.07, 6.45) is 0.673. The van der Waals surface area contributed by atoms with Crippen LogP contribution in [0, 0.1) is 15.9 Å². The van der Waals surface area contributed by atoms with Crippen LogP contribution in [-0.4, -0.2) is 48.7 Å². The number of nitro groups is 1.